The fourth-order valence-electron chi connectivity index (χ4n) is 1.99. The van der Waals surface area contributed by atoms with Crippen molar-refractivity contribution in [2.24, 2.45) is 5.73 Å². The molecule has 1 saturated heterocycles. The molecule has 1 fully saturated rings. The molecule has 0 aromatic heterocycles. The predicted octanol–water partition coefficient (Wildman–Crippen LogP) is 1.38. The zero-order chi connectivity index (χ0) is 12.0. The van der Waals surface area contributed by atoms with Crippen LogP contribution < -0.4 is 5.73 Å². The van der Waals surface area contributed by atoms with Gasteiger partial charge in [-0.1, -0.05) is 6.42 Å². The molecule has 0 aromatic rings. The first-order chi connectivity index (χ1) is 7.53. The molecule has 2 N–H and O–H groups in total. The van der Waals surface area contributed by atoms with Crippen LogP contribution in [0.25, 0.3) is 0 Å². The van der Waals surface area contributed by atoms with Crippen molar-refractivity contribution in [3.63, 3.8) is 0 Å². The van der Waals surface area contributed by atoms with Crippen molar-refractivity contribution in [1.29, 1.82) is 0 Å². The van der Waals surface area contributed by atoms with Gasteiger partial charge in [0, 0.05) is 19.1 Å². The lowest BCUT2D eigenvalue weighted by Crippen LogP contribution is -2.45. The molecule has 6 heteroatoms. The molecule has 0 spiro atoms. The van der Waals surface area contributed by atoms with Crippen LogP contribution in [0.2, 0.25) is 0 Å². The van der Waals surface area contributed by atoms with Gasteiger partial charge in [0.25, 0.3) is 0 Å². The van der Waals surface area contributed by atoms with E-state index in [-0.39, 0.29) is 6.61 Å². The van der Waals surface area contributed by atoms with Gasteiger partial charge in [0.1, 0.15) is 6.61 Å². The summed E-state index contributed by atoms with van der Waals surface area (Å²) in [5.41, 5.74) is 5.60. The molecule has 1 heterocycles. The second-order valence-corrected chi connectivity index (χ2v) is 4.09. The maximum Gasteiger partial charge on any atom is 0.411 e. The Hall–Kier alpha value is -0.330. The third-order valence-electron chi connectivity index (χ3n) is 2.81. The molecule has 1 aliphatic heterocycles. The smallest absolute Gasteiger partial charge is 0.371 e. The van der Waals surface area contributed by atoms with E-state index in [2.05, 4.69) is 9.64 Å². The minimum absolute atomic E-state index is 0.121. The van der Waals surface area contributed by atoms with Crippen LogP contribution in [0.4, 0.5) is 13.2 Å². The average Bonchev–Trinajstić information content (AvgIpc) is 2.23. The van der Waals surface area contributed by atoms with Crippen LogP contribution >= 0.6 is 0 Å². The number of alkyl halides is 3. The number of piperidine rings is 1. The summed E-state index contributed by atoms with van der Waals surface area (Å²) < 4.78 is 40.0. The van der Waals surface area contributed by atoms with Crippen LogP contribution in [0, 0.1) is 0 Å². The predicted molar refractivity (Wildman–Crippen MR) is 55.1 cm³/mol. The van der Waals surface area contributed by atoms with Crippen LogP contribution in [0.1, 0.15) is 19.3 Å². The second kappa shape index (κ2) is 6.42. The molecule has 1 atom stereocenters. The van der Waals surface area contributed by atoms with Crippen molar-refractivity contribution < 1.29 is 17.9 Å². The van der Waals surface area contributed by atoms with Crippen molar-refractivity contribution in [2.75, 3.05) is 32.8 Å². The van der Waals surface area contributed by atoms with E-state index in [1.807, 2.05) is 0 Å². The molecule has 96 valence electrons. The highest BCUT2D eigenvalue weighted by Gasteiger charge is 2.27. The first kappa shape index (κ1) is 13.7. The van der Waals surface area contributed by atoms with Gasteiger partial charge in [-0.25, -0.2) is 0 Å². The molecule has 3 nitrogen and oxygen atoms in total. The van der Waals surface area contributed by atoms with Gasteiger partial charge in [-0.2, -0.15) is 13.2 Å². The molecule has 1 unspecified atom stereocenters. The molecule has 1 rings (SSSR count). The Morgan fingerprint density at radius 1 is 1.31 bits per heavy atom. The summed E-state index contributed by atoms with van der Waals surface area (Å²) in [5.74, 6) is 0. The summed E-state index contributed by atoms with van der Waals surface area (Å²) in [5, 5.41) is 0. The third kappa shape index (κ3) is 5.14. The molecule has 0 saturated carbocycles. The molecular weight excluding hydrogens is 221 g/mol. The molecule has 0 aliphatic carbocycles. The van der Waals surface area contributed by atoms with Gasteiger partial charge in [0.15, 0.2) is 0 Å². The zero-order valence-electron chi connectivity index (χ0n) is 9.30. The van der Waals surface area contributed by atoms with Crippen LogP contribution in [-0.4, -0.2) is 50.0 Å². The lowest BCUT2D eigenvalue weighted by Gasteiger charge is -2.34. The summed E-state index contributed by atoms with van der Waals surface area (Å²) in [6, 6.07) is 0.309. The number of halogens is 3. The van der Waals surface area contributed by atoms with Crippen molar-refractivity contribution in [1.82, 2.24) is 4.90 Å². The van der Waals surface area contributed by atoms with Gasteiger partial charge in [0.05, 0.1) is 6.61 Å². The summed E-state index contributed by atoms with van der Waals surface area (Å²) in [6.45, 7) is 0.985. The molecular formula is C10H19F3N2O. The van der Waals surface area contributed by atoms with Crippen molar-refractivity contribution in [3.8, 4) is 0 Å². The highest BCUT2D eigenvalue weighted by atomic mass is 19.4. The summed E-state index contributed by atoms with van der Waals surface area (Å²) >= 11 is 0. The quantitative estimate of drug-likeness (QED) is 0.738. The summed E-state index contributed by atoms with van der Waals surface area (Å²) in [6.07, 6.45) is -0.942. The first-order valence-electron chi connectivity index (χ1n) is 5.61. The Labute approximate surface area is 93.7 Å². The standard InChI is InChI=1S/C10H19F3N2O/c11-10(12,13)8-16-6-5-15-4-2-1-3-9(15)7-14/h9H,1-8,14H2. The maximum atomic E-state index is 11.8. The fraction of sp³-hybridized carbons (Fsp3) is 1.00. The molecule has 0 bridgehead atoms. The van der Waals surface area contributed by atoms with Gasteiger partial charge in [-0.05, 0) is 19.4 Å². The zero-order valence-corrected chi connectivity index (χ0v) is 9.30. The highest BCUT2D eigenvalue weighted by Crippen LogP contribution is 2.16. The van der Waals surface area contributed by atoms with Gasteiger partial charge in [-0.3, -0.25) is 4.90 Å². The van der Waals surface area contributed by atoms with Crippen LogP contribution in [0.15, 0.2) is 0 Å². The minimum atomic E-state index is -4.23. The van der Waals surface area contributed by atoms with Crippen LogP contribution in [-0.2, 0) is 4.74 Å². The van der Waals surface area contributed by atoms with E-state index in [1.54, 1.807) is 0 Å². The first-order valence-corrected chi connectivity index (χ1v) is 5.61. The molecule has 1 aliphatic rings. The van der Waals surface area contributed by atoms with E-state index < -0.39 is 12.8 Å². The van der Waals surface area contributed by atoms with E-state index in [4.69, 9.17) is 5.73 Å². The van der Waals surface area contributed by atoms with Gasteiger partial charge >= 0.3 is 6.18 Å². The summed E-state index contributed by atoms with van der Waals surface area (Å²) in [4.78, 5) is 2.12. The minimum Gasteiger partial charge on any atom is -0.371 e. The lowest BCUT2D eigenvalue weighted by atomic mass is 10.0. The number of nitrogens with zero attached hydrogens (tertiary/aromatic N) is 1. The van der Waals surface area contributed by atoms with E-state index in [1.165, 1.54) is 0 Å². The lowest BCUT2D eigenvalue weighted by molar-refractivity contribution is -0.175. The number of hydrogen-bond acceptors (Lipinski definition) is 3. The third-order valence-corrected chi connectivity index (χ3v) is 2.81. The normalized spacial score (nSPS) is 23.6. The second-order valence-electron chi connectivity index (χ2n) is 4.09. The van der Waals surface area contributed by atoms with Gasteiger partial charge in [-0.15, -0.1) is 0 Å². The number of nitrogens with two attached hydrogens (primary N) is 1. The van der Waals surface area contributed by atoms with Crippen molar-refractivity contribution in [3.05, 3.63) is 0 Å². The van der Waals surface area contributed by atoms with Crippen molar-refractivity contribution in [2.45, 2.75) is 31.5 Å². The fourth-order valence-corrected chi connectivity index (χ4v) is 1.99. The number of rotatable bonds is 5. The topological polar surface area (TPSA) is 38.5 Å². The Balaban J connectivity index is 2.15. The number of likely N-dealkylation sites (tertiary alicyclic amines) is 1. The Morgan fingerprint density at radius 3 is 2.69 bits per heavy atom. The number of ether oxygens (including phenoxy) is 1. The Kier molecular flexibility index (Phi) is 5.51. The van der Waals surface area contributed by atoms with Gasteiger partial charge in [0.2, 0.25) is 0 Å². The van der Waals surface area contributed by atoms with Crippen LogP contribution in [0.5, 0.6) is 0 Å². The van der Waals surface area contributed by atoms with E-state index in [9.17, 15) is 13.2 Å². The molecule has 0 amide bonds. The molecule has 0 aromatic carbocycles. The average molecular weight is 240 g/mol. The largest absolute Gasteiger partial charge is 0.411 e. The van der Waals surface area contributed by atoms with Crippen LogP contribution in [0.3, 0.4) is 0 Å². The van der Waals surface area contributed by atoms with Crippen molar-refractivity contribution >= 4 is 0 Å². The number of hydrogen-bond donors (Lipinski definition) is 1. The SMILES string of the molecule is NCC1CCCCN1CCOCC(F)(F)F. The molecule has 16 heavy (non-hydrogen) atoms. The van der Waals surface area contributed by atoms with E-state index >= 15 is 0 Å². The summed E-state index contributed by atoms with van der Waals surface area (Å²) in [7, 11) is 0. The Morgan fingerprint density at radius 2 is 2.06 bits per heavy atom. The molecule has 0 radical (unpaired) electrons. The van der Waals surface area contributed by atoms with Gasteiger partial charge < -0.3 is 10.5 Å². The van der Waals surface area contributed by atoms with E-state index in [0.717, 1.165) is 25.8 Å². The Bertz CT molecular complexity index is 199. The highest BCUT2D eigenvalue weighted by molar-refractivity contribution is 4.77. The van der Waals surface area contributed by atoms with E-state index in [0.29, 0.717) is 19.1 Å². The maximum absolute atomic E-state index is 11.8. The monoisotopic (exact) mass is 240 g/mol.